The minimum atomic E-state index is -0.520. The zero-order chi connectivity index (χ0) is 11.3. The monoisotopic (exact) mass is 212 g/mol. The van der Waals surface area contributed by atoms with E-state index < -0.39 is 4.92 Å². The van der Waals surface area contributed by atoms with Gasteiger partial charge in [-0.25, -0.2) is 0 Å². The van der Waals surface area contributed by atoms with Gasteiger partial charge in [0.25, 0.3) is 5.69 Å². The van der Waals surface area contributed by atoms with Crippen LogP contribution in [0.15, 0.2) is 18.2 Å². The molecule has 0 aliphatic carbocycles. The Bertz CT molecular complexity index is 354. The van der Waals surface area contributed by atoms with Crippen molar-refractivity contribution >= 4 is 11.4 Å². The van der Waals surface area contributed by atoms with Gasteiger partial charge in [-0.3, -0.25) is 10.1 Å². The van der Waals surface area contributed by atoms with Gasteiger partial charge in [0.2, 0.25) is 0 Å². The highest BCUT2D eigenvalue weighted by molar-refractivity contribution is 5.58. The summed E-state index contributed by atoms with van der Waals surface area (Å²) in [6.45, 7) is 0.366. The number of hydrogen-bond donors (Lipinski definition) is 2. The maximum absolute atomic E-state index is 10.4. The largest absolute Gasteiger partial charge is 0.491 e. The third-order valence-corrected chi connectivity index (χ3v) is 1.76. The molecule has 0 heterocycles. The molecule has 0 atom stereocenters. The molecule has 1 aromatic carbocycles. The Morgan fingerprint density at radius 1 is 1.53 bits per heavy atom. The van der Waals surface area contributed by atoms with Crippen LogP contribution in [0.4, 0.5) is 11.4 Å². The van der Waals surface area contributed by atoms with Gasteiger partial charge in [-0.05, 0) is 6.07 Å². The minimum absolute atomic E-state index is 0.0346. The van der Waals surface area contributed by atoms with Gasteiger partial charge in [-0.15, -0.1) is 0 Å². The lowest BCUT2D eigenvalue weighted by atomic mass is 10.2. The van der Waals surface area contributed by atoms with Crippen molar-refractivity contribution in [3.05, 3.63) is 28.3 Å². The number of anilines is 1. The van der Waals surface area contributed by atoms with Gasteiger partial charge in [0.05, 0.1) is 17.2 Å². The highest BCUT2D eigenvalue weighted by Gasteiger charge is 2.08. The summed E-state index contributed by atoms with van der Waals surface area (Å²) in [5.41, 5.74) is 5.71. The van der Waals surface area contributed by atoms with E-state index in [0.717, 1.165) is 0 Å². The number of aliphatic hydroxyl groups excluding tert-OH is 1. The van der Waals surface area contributed by atoms with Crippen LogP contribution < -0.4 is 10.5 Å². The Morgan fingerprint density at radius 3 is 2.80 bits per heavy atom. The fourth-order valence-electron chi connectivity index (χ4n) is 1.03. The molecule has 0 aliphatic heterocycles. The zero-order valence-electron chi connectivity index (χ0n) is 8.05. The first-order chi connectivity index (χ1) is 7.15. The molecule has 0 spiro atoms. The molecule has 1 rings (SSSR count). The molecule has 0 amide bonds. The summed E-state index contributed by atoms with van der Waals surface area (Å²) in [7, 11) is 0. The number of non-ortho nitro benzene ring substituents is 1. The Hall–Kier alpha value is -1.82. The lowest BCUT2D eigenvalue weighted by molar-refractivity contribution is -0.384. The van der Waals surface area contributed by atoms with Crippen LogP contribution in [0.2, 0.25) is 0 Å². The quantitative estimate of drug-likeness (QED) is 0.327. The van der Waals surface area contributed by atoms with Gasteiger partial charge in [0.15, 0.2) is 0 Å². The third-order valence-electron chi connectivity index (χ3n) is 1.76. The van der Waals surface area contributed by atoms with Crippen LogP contribution in [0, 0.1) is 10.1 Å². The number of nitrogens with zero attached hydrogens (tertiary/aromatic N) is 1. The summed E-state index contributed by atoms with van der Waals surface area (Å²) in [5, 5.41) is 18.9. The normalized spacial score (nSPS) is 9.93. The second-order valence-electron chi connectivity index (χ2n) is 2.90. The summed E-state index contributed by atoms with van der Waals surface area (Å²) >= 11 is 0. The zero-order valence-corrected chi connectivity index (χ0v) is 8.05. The van der Waals surface area contributed by atoms with Crippen molar-refractivity contribution in [1.82, 2.24) is 0 Å². The topological polar surface area (TPSA) is 98.6 Å². The second kappa shape index (κ2) is 5.16. The SMILES string of the molecule is Nc1cc([N+](=O)[O-])ccc1OCCCO. The highest BCUT2D eigenvalue weighted by atomic mass is 16.6. The number of ether oxygens (including phenoxy) is 1. The number of rotatable bonds is 5. The second-order valence-corrected chi connectivity index (χ2v) is 2.90. The van der Waals surface area contributed by atoms with Crippen molar-refractivity contribution in [2.24, 2.45) is 0 Å². The predicted molar refractivity (Wildman–Crippen MR) is 54.7 cm³/mol. The van der Waals surface area contributed by atoms with Crippen molar-refractivity contribution in [3.63, 3.8) is 0 Å². The van der Waals surface area contributed by atoms with Gasteiger partial charge in [0.1, 0.15) is 5.75 Å². The summed E-state index contributed by atoms with van der Waals surface area (Å²) in [4.78, 5) is 9.88. The lowest BCUT2D eigenvalue weighted by Gasteiger charge is -2.07. The van der Waals surface area contributed by atoms with Crippen LogP contribution in [-0.2, 0) is 0 Å². The van der Waals surface area contributed by atoms with E-state index in [1.165, 1.54) is 18.2 Å². The van der Waals surface area contributed by atoms with E-state index in [-0.39, 0.29) is 18.0 Å². The number of nitrogens with two attached hydrogens (primary N) is 1. The molecule has 0 unspecified atom stereocenters. The fourth-order valence-corrected chi connectivity index (χ4v) is 1.03. The van der Waals surface area contributed by atoms with Crippen molar-refractivity contribution in [2.45, 2.75) is 6.42 Å². The molecule has 0 aliphatic rings. The molecule has 0 saturated carbocycles. The molecule has 6 nitrogen and oxygen atoms in total. The summed E-state index contributed by atoms with van der Waals surface area (Å²) in [6, 6.07) is 4.02. The Morgan fingerprint density at radius 2 is 2.27 bits per heavy atom. The highest BCUT2D eigenvalue weighted by Crippen LogP contribution is 2.26. The molecular formula is C9H12N2O4. The first-order valence-corrected chi connectivity index (χ1v) is 4.42. The van der Waals surface area contributed by atoms with Crippen molar-refractivity contribution in [3.8, 4) is 5.75 Å². The molecule has 15 heavy (non-hydrogen) atoms. The average molecular weight is 212 g/mol. The molecule has 82 valence electrons. The molecule has 0 saturated heterocycles. The molecular weight excluding hydrogens is 200 g/mol. The number of aliphatic hydroxyl groups is 1. The molecule has 0 bridgehead atoms. The Kier molecular flexibility index (Phi) is 3.87. The molecule has 3 N–H and O–H groups in total. The van der Waals surface area contributed by atoms with Gasteiger partial charge in [-0.1, -0.05) is 0 Å². The van der Waals surface area contributed by atoms with Crippen LogP contribution >= 0.6 is 0 Å². The van der Waals surface area contributed by atoms with Crippen LogP contribution in [-0.4, -0.2) is 23.2 Å². The van der Waals surface area contributed by atoms with E-state index in [0.29, 0.717) is 18.8 Å². The number of hydrogen-bond acceptors (Lipinski definition) is 5. The van der Waals surface area contributed by atoms with Gasteiger partial charge < -0.3 is 15.6 Å². The van der Waals surface area contributed by atoms with Gasteiger partial charge in [-0.2, -0.15) is 0 Å². The van der Waals surface area contributed by atoms with Crippen LogP contribution in [0.5, 0.6) is 5.75 Å². The predicted octanol–water partition coefficient (Wildman–Crippen LogP) is 0.938. The molecule has 6 heteroatoms. The number of benzene rings is 1. The average Bonchev–Trinajstić information content (AvgIpc) is 2.20. The minimum Gasteiger partial charge on any atom is -0.491 e. The van der Waals surface area contributed by atoms with E-state index >= 15 is 0 Å². The smallest absolute Gasteiger partial charge is 0.271 e. The van der Waals surface area contributed by atoms with E-state index in [2.05, 4.69) is 0 Å². The molecule has 0 radical (unpaired) electrons. The number of nitro groups is 1. The van der Waals surface area contributed by atoms with Crippen molar-refractivity contribution < 1.29 is 14.8 Å². The molecule has 1 aromatic rings. The summed E-state index contributed by atoms with van der Waals surface area (Å²) < 4.78 is 5.20. The fraction of sp³-hybridized carbons (Fsp3) is 0.333. The Labute approximate surface area is 86.4 Å². The first kappa shape index (κ1) is 11.3. The van der Waals surface area contributed by atoms with Gasteiger partial charge in [0, 0.05) is 25.2 Å². The maximum Gasteiger partial charge on any atom is 0.271 e. The molecule has 0 aromatic heterocycles. The first-order valence-electron chi connectivity index (χ1n) is 4.42. The standard InChI is InChI=1S/C9H12N2O4/c10-8-6-7(11(13)14)2-3-9(8)15-5-1-4-12/h2-3,6,12H,1,4-5,10H2. The van der Waals surface area contributed by atoms with E-state index in [1.54, 1.807) is 0 Å². The summed E-state index contributed by atoms with van der Waals surface area (Å²) in [6.07, 6.45) is 0.496. The van der Waals surface area contributed by atoms with Crippen molar-refractivity contribution in [1.29, 1.82) is 0 Å². The Balaban J connectivity index is 2.70. The van der Waals surface area contributed by atoms with Crippen LogP contribution in [0.3, 0.4) is 0 Å². The number of nitro benzene ring substituents is 1. The van der Waals surface area contributed by atoms with E-state index in [4.69, 9.17) is 15.6 Å². The third kappa shape index (κ3) is 3.10. The van der Waals surface area contributed by atoms with E-state index in [1.807, 2.05) is 0 Å². The van der Waals surface area contributed by atoms with Crippen LogP contribution in [0.1, 0.15) is 6.42 Å². The maximum atomic E-state index is 10.4. The summed E-state index contributed by atoms with van der Waals surface area (Å²) in [5.74, 6) is 0.397. The van der Waals surface area contributed by atoms with Crippen molar-refractivity contribution in [2.75, 3.05) is 18.9 Å². The van der Waals surface area contributed by atoms with Gasteiger partial charge >= 0.3 is 0 Å². The number of nitrogen functional groups attached to an aromatic ring is 1. The molecule has 0 fully saturated rings. The van der Waals surface area contributed by atoms with E-state index in [9.17, 15) is 10.1 Å². The van der Waals surface area contributed by atoms with Crippen LogP contribution in [0.25, 0.3) is 0 Å². The lowest BCUT2D eigenvalue weighted by Crippen LogP contribution is -2.02.